The Labute approximate surface area is 172 Å². The number of hydrogen-bond donors (Lipinski definition) is 4. The summed E-state index contributed by atoms with van der Waals surface area (Å²) in [5, 5.41) is 47.3. The molecule has 1 aromatic heterocycles. The van der Waals surface area contributed by atoms with Crippen LogP contribution in [0.15, 0.2) is 36.5 Å². The molecule has 1 aromatic carbocycles. The first-order chi connectivity index (χ1) is 14.4. The molecule has 0 aliphatic carbocycles. The van der Waals surface area contributed by atoms with Gasteiger partial charge in [0.05, 0.1) is 19.4 Å². The lowest BCUT2D eigenvalue weighted by molar-refractivity contribution is -0.303. The summed E-state index contributed by atoms with van der Waals surface area (Å²) in [6, 6.07) is 8.20. The van der Waals surface area contributed by atoms with E-state index in [-0.39, 0.29) is 13.0 Å². The van der Waals surface area contributed by atoms with Crippen LogP contribution >= 0.6 is 0 Å². The van der Waals surface area contributed by atoms with Crippen molar-refractivity contribution in [2.75, 3.05) is 13.7 Å². The van der Waals surface area contributed by atoms with Gasteiger partial charge in [-0.3, -0.25) is 0 Å². The van der Waals surface area contributed by atoms with Gasteiger partial charge in [0.15, 0.2) is 12.3 Å². The Balaban J connectivity index is 1.67. The number of carbonyl (C=O) groups is 1. The predicted molar refractivity (Wildman–Crippen MR) is 100 cm³/mol. The maximum atomic E-state index is 11.7. The van der Waals surface area contributed by atoms with E-state index >= 15 is 0 Å². The van der Waals surface area contributed by atoms with Gasteiger partial charge in [-0.1, -0.05) is 35.5 Å². The lowest BCUT2D eigenvalue weighted by Gasteiger charge is -2.41. The summed E-state index contributed by atoms with van der Waals surface area (Å²) in [4.78, 5) is 11.7. The molecular weight excluding hydrogens is 398 g/mol. The fourth-order valence-electron chi connectivity index (χ4n) is 3.29. The van der Waals surface area contributed by atoms with Gasteiger partial charge in [0.2, 0.25) is 0 Å². The van der Waals surface area contributed by atoms with Gasteiger partial charge < -0.3 is 34.6 Å². The molecule has 6 atom stereocenters. The first kappa shape index (κ1) is 22.3. The summed E-state index contributed by atoms with van der Waals surface area (Å²) in [5.41, 5.74) is 1.15. The molecule has 1 fully saturated rings. The van der Waals surface area contributed by atoms with Crippen molar-refractivity contribution in [3.8, 4) is 0 Å². The highest BCUT2D eigenvalue weighted by atomic mass is 16.7. The van der Waals surface area contributed by atoms with Crippen molar-refractivity contribution in [3.05, 3.63) is 47.8 Å². The molecule has 164 valence electrons. The molecule has 0 unspecified atom stereocenters. The average molecular weight is 423 g/mol. The monoisotopic (exact) mass is 423 g/mol. The number of aliphatic hydroxyl groups is 3. The zero-order valence-electron chi connectivity index (χ0n) is 16.3. The molecule has 1 aliphatic heterocycles. The first-order valence-electron chi connectivity index (χ1n) is 9.39. The van der Waals surface area contributed by atoms with Gasteiger partial charge in [0.25, 0.3) is 0 Å². The molecule has 11 nitrogen and oxygen atoms in total. The average Bonchev–Trinajstić information content (AvgIpc) is 3.21. The minimum absolute atomic E-state index is 0.148. The van der Waals surface area contributed by atoms with E-state index in [0.717, 1.165) is 5.56 Å². The highest BCUT2D eigenvalue weighted by molar-refractivity contribution is 5.72. The highest BCUT2D eigenvalue weighted by Crippen LogP contribution is 2.25. The van der Waals surface area contributed by atoms with Crippen LogP contribution in [0.25, 0.3) is 0 Å². The number of aliphatic hydroxyl groups excluding tert-OH is 3. The van der Waals surface area contributed by atoms with Gasteiger partial charge in [0, 0.05) is 13.5 Å². The van der Waals surface area contributed by atoms with Crippen LogP contribution in [0, 0.1) is 0 Å². The van der Waals surface area contributed by atoms with Crippen LogP contribution in [-0.4, -0.2) is 85.8 Å². The van der Waals surface area contributed by atoms with Crippen molar-refractivity contribution >= 4 is 5.97 Å². The predicted octanol–water partition coefficient (Wildman–Crippen LogP) is -0.883. The van der Waals surface area contributed by atoms with Crippen LogP contribution in [-0.2, 0) is 32.0 Å². The van der Waals surface area contributed by atoms with E-state index in [0.29, 0.717) is 5.69 Å². The highest BCUT2D eigenvalue weighted by Gasteiger charge is 2.45. The Bertz CT molecular complexity index is 801. The van der Waals surface area contributed by atoms with Crippen molar-refractivity contribution in [1.29, 1.82) is 0 Å². The molecule has 0 bridgehead atoms. The van der Waals surface area contributed by atoms with Crippen molar-refractivity contribution in [3.63, 3.8) is 0 Å². The summed E-state index contributed by atoms with van der Waals surface area (Å²) >= 11 is 0. The smallest absolute Gasteiger partial charge is 0.328 e. The van der Waals surface area contributed by atoms with Crippen LogP contribution in [0.5, 0.6) is 0 Å². The lowest BCUT2D eigenvalue weighted by Crippen LogP contribution is -2.59. The fraction of sp³-hybridized carbons (Fsp3) is 0.526. The molecule has 1 saturated heterocycles. The number of carboxylic acid groups (broad SMARTS) is 1. The van der Waals surface area contributed by atoms with E-state index in [4.69, 9.17) is 14.2 Å². The van der Waals surface area contributed by atoms with Crippen LogP contribution in [0.1, 0.15) is 17.3 Å². The van der Waals surface area contributed by atoms with Crippen molar-refractivity contribution in [2.24, 2.45) is 0 Å². The Hall–Kier alpha value is -2.41. The van der Waals surface area contributed by atoms with Gasteiger partial charge in [0.1, 0.15) is 30.1 Å². The quantitative estimate of drug-likeness (QED) is 0.399. The second kappa shape index (κ2) is 10.1. The molecule has 4 N–H and O–H groups in total. The summed E-state index contributed by atoms with van der Waals surface area (Å²) < 4.78 is 17.1. The number of carboxylic acids is 1. The maximum absolute atomic E-state index is 11.7. The van der Waals surface area contributed by atoms with Crippen LogP contribution in [0.3, 0.4) is 0 Å². The zero-order valence-corrected chi connectivity index (χ0v) is 16.3. The van der Waals surface area contributed by atoms with E-state index in [1.807, 2.05) is 30.3 Å². The number of methoxy groups -OCH3 is 1. The molecule has 0 spiro atoms. The third kappa shape index (κ3) is 5.01. The molecule has 0 saturated carbocycles. The van der Waals surface area contributed by atoms with Gasteiger partial charge in [-0.25, -0.2) is 9.48 Å². The van der Waals surface area contributed by atoms with Gasteiger partial charge in [-0.2, -0.15) is 0 Å². The Morgan fingerprint density at radius 2 is 2.00 bits per heavy atom. The van der Waals surface area contributed by atoms with Gasteiger partial charge in [-0.15, -0.1) is 5.10 Å². The SMILES string of the molecule is CO[C@H]1O[C@H](CO)[C@H](O)[C@H](OCc2cn([C@@H](Cc3ccccc3)C(=O)O)nn2)[C@H]1O. The van der Waals surface area contributed by atoms with E-state index in [1.165, 1.54) is 18.0 Å². The zero-order chi connectivity index (χ0) is 21.7. The summed E-state index contributed by atoms with van der Waals surface area (Å²) in [7, 11) is 1.32. The van der Waals surface area contributed by atoms with Crippen molar-refractivity contribution in [1.82, 2.24) is 15.0 Å². The number of nitrogens with zero attached hydrogens (tertiary/aromatic N) is 3. The number of rotatable bonds is 9. The Morgan fingerprint density at radius 1 is 1.27 bits per heavy atom. The Morgan fingerprint density at radius 3 is 2.63 bits per heavy atom. The standard InChI is InChI=1S/C19H25N3O8/c1-28-19-16(25)17(15(24)14(9-23)30-19)29-10-12-8-22(21-20-12)13(18(26)27)7-11-5-3-2-4-6-11/h2-6,8,13-17,19,23-25H,7,9-10H2,1H3,(H,26,27)/t13-,14+,15-,16+,17-,19-/m0/s1. The van der Waals surface area contributed by atoms with E-state index in [1.54, 1.807) is 0 Å². The Kier molecular flexibility index (Phi) is 7.48. The number of aliphatic carboxylic acids is 1. The number of ether oxygens (including phenoxy) is 3. The minimum Gasteiger partial charge on any atom is -0.480 e. The second-order valence-corrected chi connectivity index (χ2v) is 6.95. The van der Waals surface area contributed by atoms with Crippen LogP contribution < -0.4 is 0 Å². The number of hydrogen-bond acceptors (Lipinski definition) is 9. The molecule has 11 heteroatoms. The third-order valence-electron chi connectivity index (χ3n) is 4.91. The largest absolute Gasteiger partial charge is 0.480 e. The molecule has 2 aromatic rings. The van der Waals surface area contributed by atoms with E-state index in [2.05, 4.69) is 10.3 Å². The molecule has 0 radical (unpaired) electrons. The molecule has 2 heterocycles. The molecule has 30 heavy (non-hydrogen) atoms. The summed E-state index contributed by atoms with van der Waals surface area (Å²) in [5.74, 6) is -1.06. The number of aromatic nitrogens is 3. The van der Waals surface area contributed by atoms with Crippen LogP contribution in [0.4, 0.5) is 0 Å². The summed E-state index contributed by atoms with van der Waals surface area (Å²) in [6.45, 7) is -0.630. The lowest BCUT2D eigenvalue weighted by atomic mass is 9.99. The molecule has 3 rings (SSSR count). The minimum atomic E-state index is -1.30. The van der Waals surface area contributed by atoms with Gasteiger partial charge in [-0.05, 0) is 5.56 Å². The van der Waals surface area contributed by atoms with Crippen molar-refractivity contribution < 1.29 is 39.4 Å². The second-order valence-electron chi connectivity index (χ2n) is 6.95. The molecule has 1 aliphatic rings. The van der Waals surface area contributed by atoms with Gasteiger partial charge >= 0.3 is 5.97 Å². The maximum Gasteiger partial charge on any atom is 0.328 e. The normalized spacial score (nSPS) is 27.7. The van der Waals surface area contributed by atoms with Crippen molar-refractivity contribution in [2.45, 2.75) is 49.8 Å². The third-order valence-corrected chi connectivity index (χ3v) is 4.91. The first-order valence-corrected chi connectivity index (χ1v) is 9.39. The molecular formula is C19H25N3O8. The van der Waals surface area contributed by atoms with E-state index < -0.39 is 49.3 Å². The summed E-state index contributed by atoms with van der Waals surface area (Å²) in [6.07, 6.45) is -4.09. The van der Waals surface area contributed by atoms with E-state index in [9.17, 15) is 25.2 Å². The fourth-order valence-corrected chi connectivity index (χ4v) is 3.29. The topological polar surface area (TPSA) is 156 Å². The molecule has 0 amide bonds. The van der Waals surface area contributed by atoms with Crippen LogP contribution in [0.2, 0.25) is 0 Å². The number of benzene rings is 1.